The number of aromatic nitrogens is 1. The number of hydrogen-bond donors (Lipinski definition) is 1. The molecule has 0 aliphatic rings. The molecule has 0 atom stereocenters. The lowest BCUT2D eigenvalue weighted by atomic mass is 10.3. The molecule has 0 saturated carbocycles. The maximum Gasteiger partial charge on any atom is 0.357 e. The van der Waals surface area contributed by atoms with Crippen LogP contribution in [0.15, 0.2) is 16.7 Å². The van der Waals surface area contributed by atoms with Crippen molar-refractivity contribution in [3.05, 3.63) is 22.4 Å². The van der Waals surface area contributed by atoms with Crippen LogP contribution in [0.3, 0.4) is 0 Å². The first-order chi connectivity index (χ1) is 5.65. The standard InChI is InChI=1S/C7H6BrNO3/c1-12-7(11)6-5(8)2-4(10)3-9-6/h2-3,10H,1H3. The predicted octanol–water partition coefficient (Wildman–Crippen LogP) is 1.34. The Morgan fingerprint density at radius 2 is 2.42 bits per heavy atom. The molecule has 0 aromatic carbocycles. The second kappa shape index (κ2) is 3.53. The number of nitrogens with zero attached hydrogens (tertiary/aromatic N) is 1. The van der Waals surface area contributed by atoms with Crippen LogP contribution in [0.1, 0.15) is 10.5 Å². The summed E-state index contributed by atoms with van der Waals surface area (Å²) >= 11 is 3.07. The lowest BCUT2D eigenvalue weighted by Gasteiger charge is -2.00. The molecule has 1 N–H and O–H groups in total. The van der Waals surface area contributed by atoms with Crippen LogP contribution in [-0.4, -0.2) is 23.2 Å². The van der Waals surface area contributed by atoms with Crippen molar-refractivity contribution in [2.24, 2.45) is 0 Å². The number of esters is 1. The lowest BCUT2D eigenvalue weighted by molar-refractivity contribution is 0.0593. The van der Waals surface area contributed by atoms with Gasteiger partial charge in [-0.05, 0) is 22.0 Å². The Balaban J connectivity index is 3.09. The molecule has 0 aliphatic carbocycles. The predicted molar refractivity (Wildman–Crippen MR) is 44.9 cm³/mol. The fourth-order valence-electron chi connectivity index (χ4n) is 0.675. The van der Waals surface area contributed by atoms with Gasteiger partial charge in [0.25, 0.3) is 0 Å². The summed E-state index contributed by atoms with van der Waals surface area (Å²) in [4.78, 5) is 14.6. The van der Waals surface area contributed by atoms with Crippen molar-refractivity contribution >= 4 is 21.9 Å². The number of aromatic hydroxyl groups is 1. The molecule has 0 spiro atoms. The Bertz CT molecular complexity index is 314. The zero-order valence-corrected chi connectivity index (χ0v) is 7.83. The van der Waals surface area contributed by atoms with E-state index in [2.05, 4.69) is 25.7 Å². The summed E-state index contributed by atoms with van der Waals surface area (Å²) in [5, 5.41) is 8.95. The highest BCUT2D eigenvalue weighted by atomic mass is 79.9. The Hall–Kier alpha value is -1.10. The van der Waals surface area contributed by atoms with E-state index in [-0.39, 0.29) is 11.4 Å². The minimum atomic E-state index is -0.540. The van der Waals surface area contributed by atoms with E-state index in [0.29, 0.717) is 4.47 Å². The van der Waals surface area contributed by atoms with Crippen LogP contribution in [-0.2, 0) is 4.74 Å². The molecule has 0 fully saturated rings. The molecule has 1 aromatic rings. The third-order valence-electron chi connectivity index (χ3n) is 1.21. The van der Waals surface area contributed by atoms with E-state index in [4.69, 9.17) is 5.11 Å². The van der Waals surface area contributed by atoms with Gasteiger partial charge in [0.05, 0.1) is 17.8 Å². The minimum absolute atomic E-state index is 0.00507. The first-order valence-electron chi connectivity index (χ1n) is 3.08. The first-order valence-corrected chi connectivity index (χ1v) is 3.87. The fraction of sp³-hybridized carbons (Fsp3) is 0.143. The largest absolute Gasteiger partial charge is 0.506 e. The number of ether oxygens (including phenoxy) is 1. The van der Waals surface area contributed by atoms with E-state index in [9.17, 15) is 4.79 Å². The quantitative estimate of drug-likeness (QED) is 0.742. The molecule has 0 amide bonds. The summed E-state index contributed by atoms with van der Waals surface area (Å²) in [5.74, 6) is -0.545. The average Bonchev–Trinajstić information content (AvgIpc) is 2.03. The van der Waals surface area contributed by atoms with Crippen molar-refractivity contribution in [2.45, 2.75) is 0 Å². The number of pyridine rings is 1. The summed E-state index contributed by atoms with van der Waals surface area (Å²) in [5.41, 5.74) is 0.148. The second-order valence-electron chi connectivity index (χ2n) is 2.02. The highest BCUT2D eigenvalue weighted by Gasteiger charge is 2.11. The van der Waals surface area contributed by atoms with Gasteiger partial charge in [-0.1, -0.05) is 0 Å². The number of methoxy groups -OCH3 is 1. The van der Waals surface area contributed by atoms with Gasteiger partial charge < -0.3 is 9.84 Å². The summed E-state index contributed by atoms with van der Waals surface area (Å²) in [6, 6.07) is 1.37. The Labute approximate surface area is 77.3 Å². The van der Waals surface area contributed by atoms with Crippen LogP contribution in [0.2, 0.25) is 0 Å². The number of carbonyl (C=O) groups is 1. The van der Waals surface area contributed by atoms with Gasteiger partial charge in [0.15, 0.2) is 5.69 Å². The van der Waals surface area contributed by atoms with Crippen molar-refractivity contribution in [1.29, 1.82) is 0 Å². The van der Waals surface area contributed by atoms with E-state index in [0.717, 1.165) is 0 Å². The monoisotopic (exact) mass is 231 g/mol. The Kier molecular flexibility index (Phi) is 2.65. The second-order valence-corrected chi connectivity index (χ2v) is 2.87. The van der Waals surface area contributed by atoms with Crippen LogP contribution in [0.5, 0.6) is 5.75 Å². The van der Waals surface area contributed by atoms with E-state index < -0.39 is 5.97 Å². The van der Waals surface area contributed by atoms with Gasteiger partial charge >= 0.3 is 5.97 Å². The highest BCUT2D eigenvalue weighted by Crippen LogP contribution is 2.19. The molecule has 12 heavy (non-hydrogen) atoms. The molecule has 0 radical (unpaired) electrons. The molecule has 4 nitrogen and oxygen atoms in total. The molecule has 0 aliphatic heterocycles. The molecular weight excluding hydrogens is 226 g/mol. The molecule has 64 valence electrons. The summed E-state index contributed by atoms with van der Waals surface area (Å²) < 4.78 is 4.86. The SMILES string of the molecule is COC(=O)c1ncc(O)cc1Br. The van der Waals surface area contributed by atoms with Gasteiger partial charge in [-0.2, -0.15) is 0 Å². The zero-order chi connectivity index (χ0) is 9.14. The molecule has 1 heterocycles. The topological polar surface area (TPSA) is 59.4 Å². The van der Waals surface area contributed by atoms with Crippen molar-refractivity contribution in [1.82, 2.24) is 4.98 Å². The molecule has 0 saturated heterocycles. The number of halogens is 1. The van der Waals surface area contributed by atoms with E-state index >= 15 is 0 Å². The van der Waals surface area contributed by atoms with Gasteiger partial charge in [-0.25, -0.2) is 9.78 Å². The molecule has 1 rings (SSSR count). The van der Waals surface area contributed by atoms with Gasteiger partial charge in [0.1, 0.15) is 5.75 Å². The van der Waals surface area contributed by atoms with E-state index in [1.807, 2.05) is 0 Å². The van der Waals surface area contributed by atoms with Gasteiger partial charge in [-0.15, -0.1) is 0 Å². The molecule has 5 heteroatoms. The Morgan fingerprint density at radius 3 is 2.92 bits per heavy atom. The average molecular weight is 232 g/mol. The van der Waals surface area contributed by atoms with Crippen LogP contribution < -0.4 is 0 Å². The third-order valence-corrected chi connectivity index (χ3v) is 1.81. The summed E-state index contributed by atoms with van der Waals surface area (Å²) in [6.07, 6.45) is 1.18. The zero-order valence-electron chi connectivity index (χ0n) is 6.24. The van der Waals surface area contributed by atoms with Gasteiger partial charge in [0, 0.05) is 0 Å². The maximum absolute atomic E-state index is 10.9. The number of rotatable bonds is 1. The van der Waals surface area contributed by atoms with Crippen molar-refractivity contribution in [3.8, 4) is 5.75 Å². The summed E-state index contributed by atoms with van der Waals surface area (Å²) in [7, 11) is 1.27. The Morgan fingerprint density at radius 1 is 1.75 bits per heavy atom. The molecule has 0 bridgehead atoms. The van der Waals surface area contributed by atoms with Crippen LogP contribution in [0.4, 0.5) is 0 Å². The fourth-order valence-corrected chi connectivity index (χ4v) is 1.17. The molecule has 1 aromatic heterocycles. The van der Waals surface area contributed by atoms with E-state index in [1.54, 1.807) is 0 Å². The molecule has 0 unspecified atom stereocenters. The van der Waals surface area contributed by atoms with E-state index in [1.165, 1.54) is 19.4 Å². The van der Waals surface area contributed by atoms with Crippen LogP contribution >= 0.6 is 15.9 Å². The normalized spacial score (nSPS) is 9.50. The van der Waals surface area contributed by atoms with Crippen molar-refractivity contribution in [3.63, 3.8) is 0 Å². The third kappa shape index (κ3) is 1.73. The van der Waals surface area contributed by atoms with Crippen molar-refractivity contribution in [2.75, 3.05) is 7.11 Å². The van der Waals surface area contributed by atoms with Crippen molar-refractivity contribution < 1.29 is 14.6 Å². The lowest BCUT2D eigenvalue weighted by Crippen LogP contribution is -2.04. The first kappa shape index (κ1) is 8.99. The highest BCUT2D eigenvalue weighted by molar-refractivity contribution is 9.10. The van der Waals surface area contributed by atoms with Crippen LogP contribution in [0, 0.1) is 0 Å². The van der Waals surface area contributed by atoms with Gasteiger partial charge in [0.2, 0.25) is 0 Å². The van der Waals surface area contributed by atoms with Gasteiger partial charge in [-0.3, -0.25) is 0 Å². The maximum atomic E-state index is 10.9. The van der Waals surface area contributed by atoms with Crippen LogP contribution in [0.25, 0.3) is 0 Å². The summed E-state index contributed by atoms with van der Waals surface area (Å²) in [6.45, 7) is 0. The minimum Gasteiger partial charge on any atom is -0.506 e. The smallest absolute Gasteiger partial charge is 0.357 e. The number of hydrogen-bond acceptors (Lipinski definition) is 4. The number of carbonyl (C=O) groups excluding carboxylic acids is 1. The molecular formula is C7H6BrNO3.